The molecule has 1 saturated carbocycles. The highest BCUT2D eigenvalue weighted by atomic mass is 32.1. The molecule has 0 aromatic carbocycles. The van der Waals surface area contributed by atoms with E-state index in [4.69, 9.17) is 0 Å². The highest BCUT2D eigenvalue weighted by Crippen LogP contribution is 2.28. The molecule has 1 heterocycles. The summed E-state index contributed by atoms with van der Waals surface area (Å²) in [7, 11) is 0. The Morgan fingerprint density at radius 3 is 2.64 bits per heavy atom. The number of nitrogens with zero attached hydrogens (tertiary/aromatic N) is 1. The Labute approximate surface area is 152 Å². The number of hydrogen-bond acceptors (Lipinski definition) is 4. The van der Waals surface area contributed by atoms with Crippen LogP contribution in [0, 0.1) is 5.92 Å². The monoisotopic (exact) mass is 365 g/mol. The Morgan fingerprint density at radius 1 is 1.16 bits per heavy atom. The van der Waals surface area contributed by atoms with Gasteiger partial charge in [0.15, 0.2) is 5.96 Å². The molecule has 25 heavy (non-hydrogen) atoms. The second-order valence-electron chi connectivity index (χ2n) is 5.84. The molecular weight excluding hydrogens is 338 g/mol. The van der Waals surface area contributed by atoms with Gasteiger partial charge < -0.3 is 21.3 Å². The van der Waals surface area contributed by atoms with Crippen molar-refractivity contribution in [2.45, 2.75) is 26.2 Å². The molecule has 1 aromatic rings. The second kappa shape index (κ2) is 10.7. The average molecular weight is 366 g/mol. The number of thiophene rings is 1. The molecule has 0 saturated heterocycles. The van der Waals surface area contributed by atoms with Crippen LogP contribution in [0.5, 0.6) is 0 Å². The van der Waals surface area contributed by atoms with Crippen LogP contribution in [0.1, 0.15) is 35.9 Å². The number of hydrogen-bond donors (Lipinski definition) is 4. The van der Waals surface area contributed by atoms with Gasteiger partial charge in [-0.3, -0.25) is 14.6 Å². The predicted molar refractivity (Wildman–Crippen MR) is 101 cm³/mol. The molecule has 138 valence electrons. The quantitative estimate of drug-likeness (QED) is 0.282. The van der Waals surface area contributed by atoms with E-state index in [0.29, 0.717) is 26.2 Å². The Hall–Kier alpha value is -2.09. The molecule has 0 atom stereocenters. The molecule has 1 aromatic heterocycles. The van der Waals surface area contributed by atoms with E-state index in [1.807, 2.05) is 24.4 Å². The molecule has 0 spiro atoms. The van der Waals surface area contributed by atoms with Crippen molar-refractivity contribution in [2.75, 3.05) is 32.7 Å². The number of nitrogens with one attached hydrogen (secondary N) is 4. The maximum absolute atomic E-state index is 11.8. The van der Waals surface area contributed by atoms with Gasteiger partial charge in [0.1, 0.15) is 0 Å². The van der Waals surface area contributed by atoms with Gasteiger partial charge in [-0.2, -0.15) is 0 Å². The smallest absolute Gasteiger partial charge is 0.261 e. The van der Waals surface area contributed by atoms with Gasteiger partial charge >= 0.3 is 0 Å². The Balaban J connectivity index is 1.57. The first-order valence-corrected chi connectivity index (χ1v) is 9.70. The number of carbonyl (C=O) groups excluding carboxylic acids is 2. The Morgan fingerprint density at radius 2 is 1.96 bits per heavy atom. The molecule has 4 N–H and O–H groups in total. The number of aliphatic imine (C=N–C) groups is 1. The van der Waals surface area contributed by atoms with Crippen molar-refractivity contribution in [3.8, 4) is 0 Å². The summed E-state index contributed by atoms with van der Waals surface area (Å²) in [5.74, 6) is 1.10. The normalized spacial score (nSPS) is 14.0. The number of carbonyl (C=O) groups is 2. The van der Waals surface area contributed by atoms with E-state index in [1.165, 1.54) is 11.3 Å². The molecule has 1 aliphatic rings. The summed E-state index contributed by atoms with van der Waals surface area (Å²) in [6.07, 6.45) is 2.81. The van der Waals surface area contributed by atoms with Crippen LogP contribution >= 0.6 is 11.3 Å². The van der Waals surface area contributed by atoms with Crippen LogP contribution in [-0.2, 0) is 4.79 Å². The first kappa shape index (κ1) is 19.2. The van der Waals surface area contributed by atoms with Crippen LogP contribution in [0.25, 0.3) is 0 Å². The van der Waals surface area contributed by atoms with Crippen molar-refractivity contribution in [3.05, 3.63) is 22.4 Å². The van der Waals surface area contributed by atoms with Gasteiger partial charge in [0.2, 0.25) is 5.91 Å². The van der Waals surface area contributed by atoms with Crippen LogP contribution in [0.2, 0.25) is 0 Å². The van der Waals surface area contributed by atoms with Crippen LogP contribution in [-0.4, -0.2) is 50.5 Å². The van der Waals surface area contributed by atoms with E-state index < -0.39 is 0 Å². The molecular formula is C17H27N5O2S. The van der Waals surface area contributed by atoms with E-state index >= 15 is 0 Å². The third-order valence-electron chi connectivity index (χ3n) is 3.64. The van der Waals surface area contributed by atoms with E-state index in [-0.39, 0.29) is 17.7 Å². The van der Waals surface area contributed by atoms with E-state index in [2.05, 4.69) is 26.3 Å². The highest BCUT2D eigenvalue weighted by Gasteiger charge is 2.28. The lowest BCUT2D eigenvalue weighted by Gasteiger charge is -2.12. The van der Waals surface area contributed by atoms with Crippen molar-refractivity contribution >= 4 is 29.1 Å². The number of guanidine groups is 1. The Bertz CT molecular complexity index is 570. The highest BCUT2D eigenvalue weighted by molar-refractivity contribution is 7.12. The molecule has 2 amide bonds. The summed E-state index contributed by atoms with van der Waals surface area (Å²) in [5.41, 5.74) is 0. The number of rotatable bonds is 10. The topological polar surface area (TPSA) is 94.6 Å². The van der Waals surface area contributed by atoms with Crippen LogP contribution in [0.15, 0.2) is 22.5 Å². The third kappa shape index (κ3) is 7.55. The van der Waals surface area contributed by atoms with Crippen LogP contribution in [0.4, 0.5) is 0 Å². The summed E-state index contributed by atoms with van der Waals surface area (Å²) in [6.45, 7) is 5.23. The fraction of sp³-hybridized carbons (Fsp3) is 0.588. The van der Waals surface area contributed by atoms with Gasteiger partial charge in [0, 0.05) is 38.6 Å². The SMILES string of the molecule is CCNC(=NCCCNC(=O)c1cccs1)NCCNC(=O)C1CC1. The zero-order valence-electron chi connectivity index (χ0n) is 14.6. The van der Waals surface area contributed by atoms with Crippen LogP contribution < -0.4 is 21.3 Å². The predicted octanol–water partition coefficient (Wildman–Crippen LogP) is 0.949. The molecule has 1 fully saturated rings. The summed E-state index contributed by atoms with van der Waals surface area (Å²) in [4.78, 5) is 28.5. The van der Waals surface area contributed by atoms with Crippen molar-refractivity contribution in [3.63, 3.8) is 0 Å². The summed E-state index contributed by atoms with van der Waals surface area (Å²) in [5, 5.41) is 14.1. The van der Waals surface area contributed by atoms with Gasteiger partial charge in [0.05, 0.1) is 4.88 Å². The van der Waals surface area contributed by atoms with E-state index in [0.717, 1.165) is 36.6 Å². The fourth-order valence-corrected chi connectivity index (χ4v) is 2.81. The van der Waals surface area contributed by atoms with Crippen molar-refractivity contribution in [2.24, 2.45) is 10.9 Å². The van der Waals surface area contributed by atoms with Gasteiger partial charge in [-0.1, -0.05) is 6.07 Å². The standard InChI is InChI=1S/C17H27N5O2S/c1-2-18-17(22-11-10-20-15(23)13-6-7-13)21-9-4-8-19-16(24)14-5-3-12-25-14/h3,5,12-13H,2,4,6-11H2,1H3,(H,19,24)(H,20,23)(H2,18,21,22). The second-order valence-corrected chi connectivity index (χ2v) is 6.79. The molecule has 8 heteroatoms. The minimum Gasteiger partial charge on any atom is -0.357 e. The number of amides is 2. The lowest BCUT2D eigenvalue weighted by Crippen LogP contribution is -2.41. The molecule has 1 aliphatic carbocycles. The van der Waals surface area contributed by atoms with Gasteiger partial charge in [-0.25, -0.2) is 0 Å². The molecule has 7 nitrogen and oxygen atoms in total. The maximum Gasteiger partial charge on any atom is 0.261 e. The zero-order chi connectivity index (χ0) is 17.9. The summed E-state index contributed by atoms with van der Waals surface area (Å²) < 4.78 is 0. The van der Waals surface area contributed by atoms with Gasteiger partial charge in [0.25, 0.3) is 5.91 Å². The lowest BCUT2D eigenvalue weighted by molar-refractivity contribution is -0.122. The molecule has 0 bridgehead atoms. The average Bonchev–Trinajstić information content (AvgIpc) is 3.32. The Kier molecular flexibility index (Phi) is 8.24. The van der Waals surface area contributed by atoms with Crippen molar-refractivity contribution in [1.29, 1.82) is 0 Å². The fourth-order valence-electron chi connectivity index (χ4n) is 2.16. The zero-order valence-corrected chi connectivity index (χ0v) is 15.5. The van der Waals surface area contributed by atoms with Crippen molar-refractivity contribution in [1.82, 2.24) is 21.3 Å². The minimum atomic E-state index is -0.0320. The molecule has 2 rings (SSSR count). The first-order chi connectivity index (χ1) is 12.2. The molecule has 0 aliphatic heterocycles. The van der Waals surface area contributed by atoms with Gasteiger partial charge in [-0.05, 0) is 37.6 Å². The summed E-state index contributed by atoms with van der Waals surface area (Å²) >= 11 is 1.44. The largest absolute Gasteiger partial charge is 0.357 e. The van der Waals surface area contributed by atoms with E-state index in [9.17, 15) is 9.59 Å². The third-order valence-corrected chi connectivity index (χ3v) is 4.51. The lowest BCUT2D eigenvalue weighted by atomic mass is 10.4. The van der Waals surface area contributed by atoms with Gasteiger partial charge in [-0.15, -0.1) is 11.3 Å². The minimum absolute atomic E-state index is 0.0320. The molecule has 0 unspecified atom stereocenters. The summed E-state index contributed by atoms with van der Waals surface area (Å²) in [6, 6.07) is 3.68. The van der Waals surface area contributed by atoms with Crippen molar-refractivity contribution < 1.29 is 9.59 Å². The molecule has 0 radical (unpaired) electrons. The maximum atomic E-state index is 11.8. The van der Waals surface area contributed by atoms with Crippen LogP contribution in [0.3, 0.4) is 0 Å². The van der Waals surface area contributed by atoms with E-state index in [1.54, 1.807) is 0 Å². The first-order valence-electron chi connectivity index (χ1n) is 8.82.